The Bertz CT molecular complexity index is 457. The molecule has 106 valence electrons. The van der Waals surface area contributed by atoms with Gasteiger partial charge in [-0.3, -0.25) is 4.99 Å². The summed E-state index contributed by atoms with van der Waals surface area (Å²) in [4.78, 5) is 19.7. The van der Waals surface area contributed by atoms with Crippen molar-refractivity contribution in [2.45, 2.75) is 26.2 Å². The first-order valence-electron chi connectivity index (χ1n) is 6.26. The quantitative estimate of drug-likeness (QED) is 0.405. The third-order valence-electron chi connectivity index (χ3n) is 2.56. The van der Waals surface area contributed by atoms with E-state index >= 15 is 0 Å². The molecule has 0 aliphatic carbocycles. The molecule has 6 nitrogen and oxygen atoms in total. The molecule has 1 aromatic rings. The molecule has 0 aromatic carbocycles. The maximum Gasteiger partial charge on any atom is 0.348 e. The van der Waals surface area contributed by atoms with Crippen molar-refractivity contribution < 1.29 is 9.90 Å². The molecule has 3 N–H and O–H groups in total. The second-order valence-electron chi connectivity index (χ2n) is 3.96. The first kappa shape index (κ1) is 15.4. The fraction of sp³-hybridized carbons (Fsp3) is 0.583. The number of nitrogens with zero attached hydrogens (tertiary/aromatic N) is 2. The molecular formula is C12H20N4O2S. The van der Waals surface area contributed by atoms with E-state index in [1.807, 2.05) is 0 Å². The van der Waals surface area contributed by atoms with Gasteiger partial charge in [-0.1, -0.05) is 31.1 Å². The van der Waals surface area contributed by atoms with Crippen LogP contribution in [0.25, 0.3) is 0 Å². The van der Waals surface area contributed by atoms with Crippen LogP contribution in [-0.2, 0) is 0 Å². The van der Waals surface area contributed by atoms with Gasteiger partial charge in [-0.05, 0) is 6.42 Å². The molecule has 1 aromatic heterocycles. The zero-order valence-electron chi connectivity index (χ0n) is 11.5. The van der Waals surface area contributed by atoms with Crippen LogP contribution in [0.1, 0.15) is 41.6 Å². The summed E-state index contributed by atoms with van der Waals surface area (Å²) in [6, 6.07) is 0. The Morgan fingerprint density at radius 3 is 2.74 bits per heavy atom. The highest BCUT2D eigenvalue weighted by Gasteiger charge is 2.20. The minimum absolute atomic E-state index is 0.202. The number of unbranched alkanes of at least 4 members (excludes halogenated alkanes) is 2. The van der Waals surface area contributed by atoms with E-state index in [-0.39, 0.29) is 4.88 Å². The van der Waals surface area contributed by atoms with Gasteiger partial charge >= 0.3 is 5.97 Å². The zero-order chi connectivity index (χ0) is 14.3. The van der Waals surface area contributed by atoms with Crippen molar-refractivity contribution in [1.82, 2.24) is 10.3 Å². The summed E-state index contributed by atoms with van der Waals surface area (Å²) in [6.45, 7) is 2.94. The number of aromatic carboxylic acids is 1. The SMILES string of the molecule is CCCCCNc1nc(C(=NC)NC)c(C(=O)O)s1. The molecule has 0 atom stereocenters. The summed E-state index contributed by atoms with van der Waals surface area (Å²) in [6.07, 6.45) is 3.35. The number of thiazole rings is 1. The minimum Gasteiger partial charge on any atom is -0.477 e. The van der Waals surface area contributed by atoms with Crippen LogP contribution >= 0.6 is 11.3 Å². The van der Waals surface area contributed by atoms with Crippen molar-refractivity contribution in [3.05, 3.63) is 10.6 Å². The summed E-state index contributed by atoms with van der Waals surface area (Å²) >= 11 is 1.14. The monoisotopic (exact) mass is 284 g/mol. The van der Waals surface area contributed by atoms with Gasteiger partial charge in [-0.15, -0.1) is 0 Å². The highest BCUT2D eigenvalue weighted by atomic mass is 32.1. The number of carbonyl (C=O) groups is 1. The Morgan fingerprint density at radius 1 is 1.47 bits per heavy atom. The van der Waals surface area contributed by atoms with Gasteiger partial charge in [0.05, 0.1) is 0 Å². The first-order chi connectivity index (χ1) is 9.13. The fourth-order valence-electron chi connectivity index (χ4n) is 1.61. The fourth-order valence-corrected chi connectivity index (χ4v) is 2.44. The van der Waals surface area contributed by atoms with Crippen molar-refractivity contribution in [2.75, 3.05) is 26.0 Å². The molecule has 0 bridgehead atoms. The summed E-state index contributed by atoms with van der Waals surface area (Å²) < 4.78 is 0. The number of carboxylic acids is 1. The number of carboxylic acid groups (broad SMARTS) is 1. The zero-order valence-corrected chi connectivity index (χ0v) is 12.3. The molecule has 0 saturated carbocycles. The topological polar surface area (TPSA) is 86.6 Å². The van der Waals surface area contributed by atoms with Crippen LogP contribution in [0, 0.1) is 0 Å². The Labute approximate surface area is 117 Å². The van der Waals surface area contributed by atoms with E-state index in [4.69, 9.17) is 0 Å². The van der Waals surface area contributed by atoms with Gasteiger partial charge in [0.1, 0.15) is 16.4 Å². The number of hydrogen-bond acceptors (Lipinski definition) is 5. The normalized spacial score (nSPS) is 11.4. The van der Waals surface area contributed by atoms with Gasteiger partial charge in [0.25, 0.3) is 0 Å². The van der Waals surface area contributed by atoms with Crippen molar-refractivity contribution in [3.8, 4) is 0 Å². The largest absolute Gasteiger partial charge is 0.477 e. The summed E-state index contributed by atoms with van der Waals surface area (Å²) in [5.74, 6) is -0.499. The average molecular weight is 284 g/mol. The molecule has 1 heterocycles. The molecule has 1 rings (SSSR count). The average Bonchev–Trinajstić information content (AvgIpc) is 2.81. The molecule has 0 unspecified atom stereocenters. The Morgan fingerprint density at radius 2 is 2.21 bits per heavy atom. The van der Waals surface area contributed by atoms with Crippen molar-refractivity contribution >= 4 is 28.3 Å². The minimum atomic E-state index is -0.981. The van der Waals surface area contributed by atoms with E-state index in [9.17, 15) is 9.90 Å². The Balaban J connectivity index is 2.86. The third-order valence-corrected chi connectivity index (χ3v) is 3.56. The number of rotatable bonds is 7. The van der Waals surface area contributed by atoms with Crippen LogP contribution in [-0.4, -0.2) is 42.5 Å². The van der Waals surface area contributed by atoms with Gasteiger partial charge < -0.3 is 15.7 Å². The molecular weight excluding hydrogens is 264 g/mol. The van der Waals surface area contributed by atoms with Gasteiger partial charge in [0, 0.05) is 20.6 Å². The lowest BCUT2D eigenvalue weighted by atomic mass is 10.2. The highest BCUT2D eigenvalue weighted by Crippen LogP contribution is 2.23. The summed E-state index contributed by atoms with van der Waals surface area (Å²) in [5.41, 5.74) is 0.389. The number of nitrogens with one attached hydrogen (secondary N) is 2. The Kier molecular flexibility index (Phi) is 6.27. The summed E-state index contributed by atoms with van der Waals surface area (Å²) in [5, 5.41) is 15.8. The molecule has 0 fully saturated rings. The van der Waals surface area contributed by atoms with Gasteiger partial charge in [-0.25, -0.2) is 9.78 Å². The predicted octanol–water partition coefficient (Wildman–Crippen LogP) is 2.04. The molecule has 0 spiro atoms. The second-order valence-corrected chi connectivity index (χ2v) is 4.96. The van der Waals surface area contributed by atoms with Crippen molar-refractivity contribution in [3.63, 3.8) is 0 Å². The van der Waals surface area contributed by atoms with E-state index in [1.54, 1.807) is 14.1 Å². The van der Waals surface area contributed by atoms with Crippen LogP contribution in [0.5, 0.6) is 0 Å². The van der Waals surface area contributed by atoms with Crippen LogP contribution in [0.2, 0.25) is 0 Å². The van der Waals surface area contributed by atoms with Gasteiger partial charge in [0.15, 0.2) is 5.13 Å². The lowest BCUT2D eigenvalue weighted by molar-refractivity contribution is 0.0701. The standard InChI is InChI=1S/C12H20N4O2S/c1-4-5-6-7-15-12-16-8(10(13-2)14-3)9(19-12)11(17)18/h4-7H2,1-3H3,(H,13,14)(H,15,16)(H,17,18). The molecule has 0 radical (unpaired) electrons. The van der Waals surface area contributed by atoms with Crippen LogP contribution in [0.4, 0.5) is 5.13 Å². The number of aliphatic imine (C=N–C) groups is 1. The Hall–Kier alpha value is -1.63. The van der Waals surface area contributed by atoms with Crippen molar-refractivity contribution in [2.24, 2.45) is 4.99 Å². The van der Waals surface area contributed by atoms with E-state index in [0.717, 1.165) is 37.1 Å². The van der Waals surface area contributed by atoms with E-state index in [2.05, 4.69) is 27.5 Å². The van der Waals surface area contributed by atoms with Crippen LogP contribution in [0.15, 0.2) is 4.99 Å². The number of hydrogen-bond donors (Lipinski definition) is 3. The maximum absolute atomic E-state index is 11.2. The molecule has 0 amide bonds. The van der Waals surface area contributed by atoms with Crippen LogP contribution < -0.4 is 10.6 Å². The predicted molar refractivity (Wildman–Crippen MR) is 78.6 cm³/mol. The van der Waals surface area contributed by atoms with Gasteiger partial charge in [0.2, 0.25) is 0 Å². The van der Waals surface area contributed by atoms with Gasteiger partial charge in [-0.2, -0.15) is 0 Å². The van der Waals surface area contributed by atoms with Crippen molar-refractivity contribution in [1.29, 1.82) is 0 Å². The molecule has 7 heteroatoms. The maximum atomic E-state index is 11.2. The first-order valence-corrected chi connectivity index (χ1v) is 7.08. The summed E-state index contributed by atoms with van der Waals surface area (Å²) in [7, 11) is 3.30. The molecule has 0 saturated heterocycles. The lowest BCUT2D eigenvalue weighted by Crippen LogP contribution is -2.22. The lowest BCUT2D eigenvalue weighted by Gasteiger charge is -2.02. The van der Waals surface area contributed by atoms with E-state index < -0.39 is 5.97 Å². The molecule has 0 aliphatic heterocycles. The smallest absolute Gasteiger partial charge is 0.348 e. The van der Waals surface area contributed by atoms with E-state index in [0.29, 0.717) is 16.7 Å². The third kappa shape index (κ3) is 4.20. The number of amidine groups is 1. The second kappa shape index (κ2) is 7.73. The molecule has 0 aliphatic rings. The number of aromatic nitrogens is 1. The molecule has 19 heavy (non-hydrogen) atoms. The highest BCUT2D eigenvalue weighted by molar-refractivity contribution is 7.17. The van der Waals surface area contributed by atoms with E-state index in [1.165, 1.54) is 0 Å². The van der Waals surface area contributed by atoms with Crippen LogP contribution in [0.3, 0.4) is 0 Å². The number of anilines is 1.